The zero-order chi connectivity index (χ0) is 16.4. The molecule has 0 bridgehead atoms. The summed E-state index contributed by atoms with van der Waals surface area (Å²) in [4.78, 5) is 0. The summed E-state index contributed by atoms with van der Waals surface area (Å²) in [5.41, 5.74) is 8.99. The number of hydrogen-bond acceptors (Lipinski definition) is 3. The number of ether oxygens (including phenoxy) is 2. The molecule has 0 saturated heterocycles. The van der Waals surface area contributed by atoms with Crippen molar-refractivity contribution in [3.8, 4) is 11.5 Å². The Morgan fingerprint density at radius 1 is 1.04 bits per heavy atom. The largest absolute Gasteiger partial charge is 0.497 e. The van der Waals surface area contributed by atoms with Crippen LogP contribution in [0.15, 0.2) is 48.5 Å². The van der Waals surface area contributed by atoms with Gasteiger partial charge < -0.3 is 19.8 Å². The molecule has 3 rings (SSSR count). The lowest BCUT2D eigenvalue weighted by Crippen LogP contribution is -2.08. The highest BCUT2D eigenvalue weighted by molar-refractivity contribution is 5.84. The van der Waals surface area contributed by atoms with Crippen LogP contribution in [0.1, 0.15) is 25.6 Å². The number of fused-ring (bicyclic) bond motifs is 1. The van der Waals surface area contributed by atoms with Gasteiger partial charge in [0, 0.05) is 28.7 Å². The lowest BCUT2D eigenvalue weighted by Gasteiger charge is -2.15. The molecule has 1 heterocycles. The summed E-state index contributed by atoms with van der Waals surface area (Å²) >= 11 is 0. The van der Waals surface area contributed by atoms with Crippen LogP contribution in [0.3, 0.4) is 0 Å². The minimum absolute atomic E-state index is 0.347. The fourth-order valence-electron chi connectivity index (χ4n) is 2.88. The van der Waals surface area contributed by atoms with Crippen molar-refractivity contribution in [2.24, 2.45) is 0 Å². The maximum Gasteiger partial charge on any atom is 0.128 e. The van der Waals surface area contributed by atoms with E-state index in [4.69, 9.17) is 15.2 Å². The zero-order valence-electron chi connectivity index (χ0n) is 13.7. The van der Waals surface area contributed by atoms with Gasteiger partial charge in [0.2, 0.25) is 0 Å². The predicted molar refractivity (Wildman–Crippen MR) is 94.1 cm³/mol. The van der Waals surface area contributed by atoms with Gasteiger partial charge in [0.1, 0.15) is 18.1 Å². The van der Waals surface area contributed by atoms with E-state index in [1.807, 2.05) is 36.4 Å². The summed E-state index contributed by atoms with van der Waals surface area (Å²) in [6, 6.07) is 16.2. The third-order valence-electron chi connectivity index (χ3n) is 3.89. The van der Waals surface area contributed by atoms with E-state index >= 15 is 0 Å². The molecule has 2 N–H and O–H groups in total. The van der Waals surface area contributed by atoms with Crippen LogP contribution in [-0.4, -0.2) is 11.7 Å². The van der Waals surface area contributed by atoms with Crippen LogP contribution in [0.5, 0.6) is 11.5 Å². The van der Waals surface area contributed by atoms with Gasteiger partial charge in [0.15, 0.2) is 0 Å². The SMILES string of the molecule is COc1cccc(OCc2cc3cc(N)ccc3n2C(C)C)c1. The molecule has 0 unspecified atom stereocenters. The molecule has 4 heteroatoms. The summed E-state index contributed by atoms with van der Waals surface area (Å²) in [7, 11) is 1.65. The maximum absolute atomic E-state index is 5.95. The molecule has 0 atom stereocenters. The third kappa shape index (κ3) is 3.11. The predicted octanol–water partition coefficient (Wildman–Crippen LogP) is 4.39. The number of nitrogens with zero attached hydrogens (tertiary/aromatic N) is 1. The Bertz CT molecular complexity index is 821. The van der Waals surface area contributed by atoms with Crippen molar-refractivity contribution in [3.05, 3.63) is 54.2 Å². The minimum atomic E-state index is 0.347. The Morgan fingerprint density at radius 3 is 2.57 bits per heavy atom. The first-order valence-electron chi connectivity index (χ1n) is 7.74. The van der Waals surface area contributed by atoms with Gasteiger partial charge in [-0.05, 0) is 50.2 Å². The number of nitrogen functional groups attached to an aromatic ring is 1. The Kier molecular flexibility index (Phi) is 4.15. The minimum Gasteiger partial charge on any atom is -0.497 e. The first-order valence-corrected chi connectivity index (χ1v) is 7.74. The van der Waals surface area contributed by atoms with Gasteiger partial charge in [-0.3, -0.25) is 0 Å². The summed E-state index contributed by atoms with van der Waals surface area (Å²) in [6.45, 7) is 4.84. The van der Waals surface area contributed by atoms with Gasteiger partial charge in [-0.25, -0.2) is 0 Å². The number of benzene rings is 2. The molecule has 0 aliphatic rings. The van der Waals surface area contributed by atoms with Gasteiger partial charge >= 0.3 is 0 Å². The van der Waals surface area contributed by atoms with Crippen LogP contribution in [0.4, 0.5) is 5.69 Å². The van der Waals surface area contributed by atoms with E-state index in [-0.39, 0.29) is 0 Å². The molecule has 0 spiro atoms. The van der Waals surface area contributed by atoms with Crippen LogP contribution in [0.25, 0.3) is 10.9 Å². The molecule has 23 heavy (non-hydrogen) atoms. The summed E-state index contributed by atoms with van der Waals surface area (Å²) in [5, 5.41) is 1.14. The highest BCUT2D eigenvalue weighted by Gasteiger charge is 2.12. The van der Waals surface area contributed by atoms with E-state index in [0.717, 1.165) is 28.3 Å². The van der Waals surface area contributed by atoms with Crippen LogP contribution < -0.4 is 15.2 Å². The quantitative estimate of drug-likeness (QED) is 0.711. The highest BCUT2D eigenvalue weighted by Crippen LogP contribution is 2.27. The molecule has 0 saturated carbocycles. The van der Waals surface area contributed by atoms with E-state index in [1.54, 1.807) is 7.11 Å². The summed E-state index contributed by atoms with van der Waals surface area (Å²) in [5.74, 6) is 1.59. The smallest absolute Gasteiger partial charge is 0.128 e. The second-order valence-electron chi connectivity index (χ2n) is 5.89. The average molecular weight is 310 g/mol. The van der Waals surface area contributed by atoms with Gasteiger partial charge in [0.25, 0.3) is 0 Å². The zero-order valence-corrected chi connectivity index (χ0v) is 13.7. The van der Waals surface area contributed by atoms with E-state index in [1.165, 1.54) is 5.52 Å². The molecule has 0 aliphatic heterocycles. The molecule has 0 amide bonds. The molecule has 3 aromatic rings. The van der Waals surface area contributed by atoms with Crippen LogP contribution in [0, 0.1) is 0 Å². The number of hydrogen-bond donors (Lipinski definition) is 1. The molecule has 0 radical (unpaired) electrons. The van der Waals surface area contributed by atoms with Gasteiger partial charge in [-0.2, -0.15) is 0 Å². The molecule has 0 aliphatic carbocycles. The molecule has 120 valence electrons. The Hall–Kier alpha value is -2.62. The second kappa shape index (κ2) is 6.24. The molecular formula is C19H22N2O2. The third-order valence-corrected chi connectivity index (χ3v) is 3.89. The average Bonchev–Trinajstić information content (AvgIpc) is 2.90. The Balaban J connectivity index is 1.91. The van der Waals surface area contributed by atoms with Crippen LogP contribution >= 0.6 is 0 Å². The van der Waals surface area contributed by atoms with E-state index in [9.17, 15) is 0 Å². The van der Waals surface area contributed by atoms with Gasteiger partial charge in [-0.15, -0.1) is 0 Å². The first-order chi connectivity index (χ1) is 11.1. The normalized spacial score (nSPS) is 11.1. The monoisotopic (exact) mass is 310 g/mol. The number of anilines is 1. The molecule has 2 aromatic carbocycles. The first kappa shape index (κ1) is 15.3. The number of methoxy groups -OCH3 is 1. The molecule has 4 nitrogen and oxygen atoms in total. The standard InChI is InChI=1S/C19H22N2O2/c1-13(2)21-16(10-14-9-15(20)7-8-19(14)21)12-23-18-6-4-5-17(11-18)22-3/h4-11,13H,12,20H2,1-3H3. The fraction of sp³-hybridized carbons (Fsp3) is 0.263. The summed E-state index contributed by atoms with van der Waals surface area (Å²) < 4.78 is 13.5. The number of nitrogens with two attached hydrogens (primary N) is 1. The van der Waals surface area contributed by atoms with E-state index in [0.29, 0.717) is 12.6 Å². The van der Waals surface area contributed by atoms with Gasteiger partial charge in [-0.1, -0.05) is 6.07 Å². The lowest BCUT2D eigenvalue weighted by molar-refractivity contribution is 0.291. The van der Waals surface area contributed by atoms with Crippen molar-refractivity contribution >= 4 is 16.6 Å². The number of aromatic nitrogens is 1. The molecular weight excluding hydrogens is 288 g/mol. The van der Waals surface area contributed by atoms with Crippen LogP contribution in [0.2, 0.25) is 0 Å². The molecule has 0 fully saturated rings. The van der Waals surface area contributed by atoms with Crippen molar-refractivity contribution in [3.63, 3.8) is 0 Å². The van der Waals surface area contributed by atoms with Crippen molar-refractivity contribution in [2.45, 2.75) is 26.5 Å². The highest BCUT2D eigenvalue weighted by atomic mass is 16.5. The lowest BCUT2D eigenvalue weighted by atomic mass is 10.2. The second-order valence-corrected chi connectivity index (χ2v) is 5.89. The van der Waals surface area contributed by atoms with Crippen molar-refractivity contribution in [1.82, 2.24) is 4.57 Å². The Labute approximate surface area is 136 Å². The van der Waals surface area contributed by atoms with Crippen molar-refractivity contribution in [2.75, 3.05) is 12.8 Å². The van der Waals surface area contributed by atoms with Gasteiger partial charge in [0.05, 0.1) is 12.8 Å². The van der Waals surface area contributed by atoms with Crippen molar-refractivity contribution in [1.29, 1.82) is 0 Å². The van der Waals surface area contributed by atoms with Crippen LogP contribution in [-0.2, 0) is 6.61 Å². The summed E-state index contributed by atoms with van der Waals surface area (Å²) in [6.07, 6.45) is 0. The van der Waals surface area contributed by atoms with Crippen molar-refractivity contribution < 1.29 is 9.47 Å². The fourth-order valence-corrected chi connectivity index (χ4v) is 2.88. The van der Waals surface area contributed by atoms with E-state index in [2.05, 4.69) is 30.5 Å². The number of rotatable bonds is 5. The topological polar surface area (TPSA) is 49.4 Å². The maximum atomic E-state index is 5.95. The molecule has 1 aromatic heterocycles. The van der Waals surface area contributed by atoms with E-state index < -0.39 is 0 Å². The Morgan fingerprint density at radius 2 is 1.83 bits per heavy atom.